The molecule has 30 heavy (non-hydrogen) atoms. The summed E-state index contributed by atoms with van der Waals surface area (Å²) in [5, 5.41) is 5.21. The molecule has 0 aliphatic carbocycles. The fourth-order valence-corrected chi connectivity index (χ4v) is 4.23. The number of urea groups is 1. The number of alkyl halides is 2. The first kappa shape index (κ1) is 23.6. The lowest BCUT2D eigenvalue weighted by atomic mass is 10.2. The Bertz CT molecular complexity index is 933. The topological polar surface area (TPSA) is 87.7 Å². The largest absolute Gasteiger partial charge is 0.434 e. The van der Waals surface area contributed by atoms with Crippen molar-refractivity contribution in [2.24, 2.45) is 0 Å². The van der Waals surface area contributed by atoms with Crippen LogP contribution in [0.3, 0.4) is 0 Å². The molecule has 0 fully saturated rings. The Morgan fingerprint density at radius 1 is 1.00 bits per heavy atom. The summed E-state index contributed by atoms with van der Waals surface area (Å²) in [5.41, 5.74) is 1.13. The molecule has 7 nitrogen and oxygen atoms in total. The Kier molecular flexibility index (Phi) is 8.55. The number of sulfonamides is 1. The fraction of sp³-hybridized carbons (Fsp3) is 0.350. The second-order valence-corrected chi connectivity index (χ2v) is 8.19. The number of benzene rings is 2. The van der Waals surface area contributed by atoms with E-state index in [9.17, 15) is 22.0 Å². The summed E-state index contributed by atoms with van der Waals surface area (Å²) >= 11 is 0. The quantitative estimate of drug-likeness (QED) is 0.592. The standard InChI is InChI=1S/C20H25F2N3O4S/c1-3-25(4-2)30(27,28)17-11-9-15(10-12-17)13-23-20(26)24-14-16-7-5-6-8-18(16)29-19(21)22/h5-12,19H,3-4,13-14H2,1-2H3,(H2,23,24,26). The van der Waals surface area contributed by atoms with Crippen LogP contribution in [-0.2, 0) is 23.1 Å². The Morgan fingerprint density at radius 3 is 2.20 bits per heavy atom. The number of nitrogens with zero attached hydrogens (tertiary/aromatic N) is 1. The van der Waals surface area contributed by atoms with Gasteiger partial charge in [-0.3, -0.25) is 0 Å². The molecular formula is C20H25F2N3O4S. The molecule has 0 unspecified atom stereocenters. The third kappa shape index (κ3) is 6.39. The summed E-state index contributed by atoms with van der Waals surface area (Å²) in [6.45, 7) is 1.55. The van der Waals surface area contributed by atoms with Gasteiger partial charge in [-0.2, -0.15) is 13.1 Å². The minimum absolute atomic E-state index is 0.00204. The molecule has 0 aliphatic heterocycles. The van der Waals surface area contributed by atoms with Crippen molar-refractivity contribution in [3.63, 3.8) is 0 Å². The molecule has 0 aliphatic rings. The summed E-state index contributed by atoms with van der Waals surface area (Å²) in [5.74, 6) is -0.00204. The molecule has 2 rings (SSSR count). The van der Waals surface area contributed by atoms with Crippen LogP contribution in [0, 0.1) is 0 Å². The molecule has 0 aromatic heterocycles. The van der Waals surface area contributed by atoms with Gasteiger partial charge in [-0.05, 0) is 23.8 Å². The Labute approximate surface area is 175 Å². The van der Waals surface area contributed by atoms with Crippen molar-refractivity contribution >= 4 is 16.1 Å². The molecule has 2 aromatic rings. The van der Waals surface area contributed by atoms with Crippen LogP contribution in [0.4, 0.5) is 13.6 Å². The maximum Gasteiger partial charge on any atom is 0.387 e. The number of amides is 2. The Hall–Kier alpha value is -2.72. The number of ether oxygens (including phenoxy) is 1. The van der Waals surface area contributed by atoms with Crippen LogP contribution in [0.5, 0.6) is 5.75 Å². The average molecular weight is 442 g/mol. The van der Waals surface area contributed by atoms with Gasteiger partial charge >= 0.3 is 12.6 Å². The van der Waals surface area contributed by atoms with E-state index < -0.39 is 22.7 Å². The van der Waals surface area contributed by atoms with Crippen LogP contribution >= 0.6 is 0 Å². The number of rotatable bonds is 10. The van der Waals surface area contributed by atoms with Crippen LogP contribution < -0.4 is 15.4 Å². The molecule has 0 spiro atoms. The zero-order valence-electron chi connectivity index (χ0n) is 16.8. The molecule has 0 saturated heterocycles. The van der Waals surface area contributed by atoms with Gasteiger partial charge in [0.05, 0.1) is 4.90 Å². The first-order valence-electron chi connectivity index (χ1n) is 9.41. The molecule has 0 atom stereocenters. The van der Waals surface area contributed by atoms with E-state index in [1.54, 1.807) is 44.2 Å². The van der Waals surface area contributed by atoms with E-state index in [0.29, 0.717) is 24.2 Å². The van der Waals surface area contributed by atoms with Gasteiger partial charge in [-0.1, -0.05) is 44.2 Å². The highest BCUT2D eigenvalue weighted by molar-refractivity contribution is 7.89. The molecule has 0 radical (unpaired) electrons. The summed E-state index contributed by atoms with van der Waals surface area (Å²) in [6, 6.07) is 11.9. The number of halogens is 2. The SMILES string of the molecule is CCN(CC)S(=O)(=O)c1ccc(CNC(=O)NCc2ccccc2OC(F)F)cc1. The highest BCUT2D eigenvalue weighted by atomic mass is 32.2. The summed E-state index contributed by atoms with van der Waals surface area (Å²) in [7, 11) is -3.53. The zero-order valence-corrected chi connectivity index (χ0v) is 17.6. The summed E-state index contributed by atoms with van der Waals surface area (Å²) in [4.78, 5) is 12.2. The molecule has 0 heterocycles. The Balaban J connectivity index is 1.90. The molecule has 0 saturated carbocycles. The molecular weight excluding hydrogens is 416 g/mol. The van der Waals surface area contributed by atoms with Gasteiger partial charge in [-0.25, -0.2) is 13.2 Å². The van der Waals surface area contributed by atoms with E-state index in [0.717, 1.165) is 0 Å². The van der Waals surface area contributed by atoms with Gasteiger partial charge in [0.15, 0.2) is 0 Å². The van der Waals surface area contributed by atoms with Crippen molar-refractivity contribution in [3.05, 3.63) is 59.7 Å². The first-order chi connectivity index (χ1) is 14.3. The monoisotopic (exact) mass is 441 g/mol. The van der Waals surface area contributed by atoms with Crippen LogP contribution in [-0.4, -0.2) is 38.5 Å². The number of carbonyl (C=O) groups excluding carboxylic acids is 1. The van der Waals surface area contributed by atoms with Crippen molar-refractivity contribution in [1.29, 1.82) is 0 Å². The van der Waals surface area contributed by atoms with Gasteiger partial charge in [0, 0.05) is 31.7 Å². The lowest BCUT2D eigenvalue weighted by molar-refractivity contribution is -0.0504. The van der Waals surface area contributed by atoms with Gasteiger partial charge < -0.3 is 15.4 Å². The van der Waals surface area contributed by atoms with Crippen molar-refractivity contribution in [2.45, 2.75) is 38.4 Å². The van der Waals surface area contributed by atoms with Crippen LogP contribution in [0.1, 0.15) is 25.0 Å². The van der Waals surface area contributed by atoms with Crippen LogP contribution in [0.2, 0.25) is 0 Å². The van der Waals surface area contributed by atoms with Crippen molar-refractivity contribution in [1.82, 2.24) is 14.9 Å². The molecule has 2 N–H and O–H groups in total. The minimum Gasteiger partial charge on any atom is -0.434 e. The number of nitrogens with one attached hydrogen (secondary N) is 2. The van der Waals surface area contributed by atoms with Crippen LogP contribution in [0.15, 0.2) is 53.4 Å². The fourth-order valence-electron chi connectivity index (χ4n) is 2.77. The predicted octanol–water partition coefficient (Wildman–Crippen LogP) is 3.32. The number of para-hydroxylation sites is 1. The lowest BCUT2D eigenvalue weighted by Crippen LogP contribution is -2.34. The second-order valence-electron chi connectivity index (χ2n) is 6.26. The highest BCUT2D eigenvalue weighted by Gasteiger charge is 2.21. The van der Waals surface area contributed by atoms with E-state index in [2.05, 4.69) is 15.4 Å². The smallest absolute Gasteiger partial charge is 0.387 e. The maximum absolute atomic E-state index is 12.5. The normalized spacial score (nSPS) is 11.5. The molecule has 164 valence electrons. The third-order valence-corrected chi connectivity index (χ3v) is 6.41. The third-order valence-electron chi connectivity index (χ3n) is 4.35. The highest BCUT2D eigenvalue weighted by Crippen LogP contribution is 2.20. The average Bonchev–Trinajstić information content (AvgIpc) is 2.72. The maximum atomic E-state index is 12.5. The van der Waals surface area contributed by atoms with E-state index in [4.69, 9.17) is 0 Å². The molecule has 0 bridgehead atoms. The van der Waals surface area contributed by atoms with Crippen molar-refractivity contribution in [2.75, 3.05) is 13.1 Å². The second kappa shape index (κ2) is 10.9. The summed E-state index contributed by atoms with van der Waals surface area (Å²) < 4.78 is 55.6. The van der Waals surface area contributed by atoms with E-state index in [-0.39, 0.29) is 23.7 Å². The lowest BCUT2D eigenvalue weighted by Gasteiger charge is -2.18. The number of hydrogen-bond acceptors (Lipinski definition) is 4. The number of hydrogen-bond donors (Lipinski definition) is 2. The van der Waals surface area contributed by atoms with Gasteiger partial charge in [0.25, 0.3) is 0 Å². The predicted molar refractivity (Wildman–Crippen MR) is 109 cm³/mol. The van der Waals surface area contributed by atoms with Gasteiger partial charge in [0.2, 0.25) is 10.0 Å². The van der Waals surface area contributed by atoms with E-state index in [1.807, 2.05) is 0 Å². The van der Waals surface area contributed by atoms with Crippen molar-refractivity contribution in [3.8, 4) is 5.75 Å². The Morgan fingerprint density at radius 2 is 1.60 bits per heavy atom. The van der Waals surface area contributed by atoms with E-state index in [1.165, 1.54) is 22.5 Å². The molecule has 2 aromatic carbocycles. The van der Waals surface area contributed by atoms with Crippen LogP contribution in [0.25, 0.3) is 0 Å². The van der Waals surface area contributed by atoms with E-state index >= 15 is 0 Å². The van der Waals surface area contributed by atoms with Crippen molar-refractivity contribution < 1.29 is 26.7 Å². The van der Waals surface area contributed by atoms with Gasteiger partial charge in [0.1, 0.15) is 5.75 Å². The first-order valence-corrected chi connectivity index (χ1v) is 10.9. The summed E-state index contributed by atoms with van der Waals surface area (Å²) in [6.07, 6.45) is 0. The van der Waals surface area contributed by atoms with Gasteiger partial charge in [-0.15, -0.1) is 0 Å². The molecule has 10 heteroatoms. The number of carbonyl (C=O) groups is 1. The minimum atomic E-state index is -3.53. The zero-order chi connectivity index (χ0) is 22.1. The molecule has 2 amide bonds.